The Bertz CT molecular complexity index is 1210. The molecule has 0 amide bonds. The lowest BCUT2D eigenvalue weighted by atomic mass is 9.91. The minimum atomic E-state index is -3.68. The Kier molecular flexibility index (Phi) is 8.03. The van der Waals surface area contributed by atoms with Gasteiger partial charge in [-0.25, -0.2) is 4.98 Å². The van der Waals surface area contributed by atoms with Crippen LogP contribution in [0.15, 0.2) is 89.3 Å². The fraction of sp³-hybridized carbons (Fsp3) is 0.222. The maximum absolute atomic E-state index is 13.4. The van der Waals surface area contributed by atoms with Crippen molar-refractivity contribution in [1.29, 1.82) is 0 Å². The highest BCUT2D eigenvalue weighted by atomic mass is 31.2. The molecule has 4 rings (SSSR count). The molecule has 0 saturated carbocycles. The number of hydrogen-bond donors (Lipinski definition) is 1. The van der Waals surface area contributed by atoms with E-state index in [1.807, 2.05) is 84.9 Å². The van der Waals surface area contributed by atoms with Crippen molar-refractivity contribution in [2.45, 2.75) is 12.3 Å². The van der Waals surface area contributed by atoms with Crippen molar-refractivity contribution in [2.75, 3.05) is 33.2 Å². The highest BCUT2D eigenvalue weighted by molar-refractivity contribution is 7.62. The molecule has 0 aliphatic heterocycles. The molecule has 0 bridgehead atoms. The molecular formula is C27H29N2O5P. The molecule has 1 N–H and O–H groups in total. The second kappa shape index (κ2) is 11.4. The molecule has 0 spiro atoms. The van der Waals surface area contributed by atoms with Gasteiger partial charge in [-0.3, -0.25) is 4.57 Å². The van der Waals surface area contributed by atoms with Crippen LogP contribution >= 0.6 is 7.60 Å². The number of benzene rings is 3. The monoisotopic (exact) mass is 492 g/mol. The van der Waals surface area contributed by atoms with E-state index in [9.17, 15) is 4.57 Å². The van der Waals surface area contributed by atoms with Gasteiger partial charge in [0.05, 0.1) is 13.0 Å². The molecule has 0 aliphatic rings. The largest absolute Gasteiger partial charge is 0.497 e. The van der Waals surface area contributed by atoms with Crippen LogP contribution < -0.4 is 15.5 Å². The number of oxazole rings is 1. The molecule has 0 atom stereocenters. The van der Waals surface area contributed by atoms with E-state index >= 15 is 0 Å². The van der Waals surface area contributed by atoms with Crippen molar-refractivity contribution in [3.05, 3.63) is 108 Å². The fourth-order valence-corrected chi connectivity index (χ4v) is 4.97. The fourth-order valence-electron chi connectivity index (χ4n) is 3.88. The van der Waals surface area contributed by atoms with Gasteiger partial charge in [-0.1, -0.05) is 72.8 Å². The second-order valence-corrected chi connectivity index (χ2v) is 10.00. The normalized spacial score (nSPS) is 11.5. The molecule has 7 nitrogen and oxygen atoms in total. The van der Waals surface area contributed by atoms with Gasteiger partial charge in [0, 0.05) is 20.8 Å². The number of nitrogens with zero attached hydrogens (tertiary/aromatic N) is 1. The Morgan fingerprint density at radius 2 is 1.43 bits per heavy atom. The van der Waals surface area contributed by atoms with E-state index in [4.69, 9.17) is 18.2 Å². The molecule has 0 aliphatic carbocycles. The van der Waals surface area contributed by atoms with Crippen LogP contribution in [-0.2, 0) is 20.0 Å². The Balaban J connectivity index is 1.68. The Morgan fingerprint density at radius 3 is 1.94 bits per heavy atom. The van der Waals surface area contributed by atoms with E-state index in [-0.39, 0.29) is 17.2 Å². The highest BCUT2D eigenvalue weighted by Crippen LogP contribution is 2.48. The molecule has 4 aromatic rings. The van der Waals surface area contributed by atoms with E-state index in [2.05, 4.69) is 10.3 Å². The van der Waals surface area contributed by atoms with Gasteiger partial charge in [0.1, 0.15) is 5.75 Å². The van der Waals surface area contributed by atoms with Crippen LogP contribution in [0.4, 0.5) is 5.88 Å². The van der Waals surface area contributed by atoms with E-state index in [1.165, 1.54) is 14.2 Å². The Morgan fingerprint density at radius 1 is 0.857 bits per heavy atom. The number of nitrogens with one attached hydrogen (secondary N) is 1. The minimum absolute atomic E-state index is 0.129. The lowest BCUT2D eigenvalue weighted by Gasteiger charge is -2.14. The summed E-state index contributed by atoms with van der Waals surface area (Å²) in [6.45, 7) is 0.530. The molecule has 3 aromatic carbocycles. The van der Waals surface area contributed by atoms with Crippen molar-refractivity contribution < 1.29 is 22.8 Å². The van der Waals surface area contributed by atoms with Crippen molar-refractivity contribution in [3.8, 4) is 5.75 Å². The summed E-state index contributed by atoms with van der Waals surface area (Å²) in [6.07, 6.45) is 0.713. The van der Waals surface area contributed by atoms with Crippen molar-refractivity contribution in [2.24, 2.45) is 0 Å². The molecule has 0 unspecified atom stereocenters. The number of aromatic nitrogens is 1. The van der Waals surface area contributed by atoms with Gasteiger partial charge in [0.15, 0.2) is 0 Å². The smallest absolute Gasteiger partial charge is 0.384 e. The molecule has 35 heavy (non-hydrogen) atoms. The topological polar surface area (TPSA) is 82.8 Å². The van der Waals surface area contributed by atoms with Crippen LogP contribution in [0.2, 0.25) is 0 Å². The molecule has 0 radical (unpaired) electrons. The summed E-state index contributed by atoms with van der Waals surface area (Å²) >= 11 is 0. The van der Waals surface area contributed by atoms with Gasteiger partial charge >= 0.3 is 7.60 Å². The van der Waals surface area contributed by atoms with E-state index in [0.29, 0.717) is 18.9 Å². The van der Waals surface area contributed by atoms with Crippen LogP contribution in [0.3, 0.4) is 0 Å². The van der Waals surface area contributed by atoms with Gasteiger partial charge in [0.2, 0.25) is 17.2 Å². The van der Waals surface area contributed by atoms with Crippen molar-refractivity contribution >= 4 is 18.9 Å². The number of hydrogen-bond acceptors (Lipinski definition) is 7. The quantitative estimate of drug-likeness (QED) is 0.272. The highest BCUT2D eigenvalue weighted by Gasteiger charge is 2.36. The number of rotatable bonds is 11. The molecular weight excluding hydrogens is 463 g/mol. The predicted molar refractivity (Wildman–Crippen MR) is 137 cm³/mol. The van der Waals surface area contributed by atoms with Crippen LogP contribution in [0.5, 0.6) is 5.75 Å². The Labute approximate surface area is 205 Å². The molecule has 1 aromatic heterocycles. The molecule has 0 fully saturated rings. The van der Waals surface area contributed by atoms with Crippen molar-refractivity contribution in [3.63, 3.8) is 0 Å². The summed E-state index contributed by atoms with van der Waals surface area (Å²) in [6, 6.07) is 27.7. The minimum Gasteiger partial charge on any atom is -0.497 e. The molecule has 182 valence electrons. The third-order valence-electron chi connectivity index (χ3n) is 5.74. The van der Waals surface area contributed by atoms with Crippen LogP contribution in [0, 0.1) is 0 Å². The Hall–Kier alpha value is -3.38. The number of ether oxygens (including phenoxy) is 1. The summed E-state index contributed by atoms with van der Waals surface area (Å²) in [4.78, 5) is 4.67. The first-order valence-electron chi connectivity index (χ1n) is 11.3. The van der Waals surface area contributed by atoms with Gasteiger partial charge in [0.25, 0.3) is 0 Å². The summed E-state index contributed by atoms with van der Waals surface area (Å²) in [5.41, 5.74) is 3.25. The average molecular weight is 493 g/mol. The third-order valence-corrected chi connectivity index (χ3v) is 7.52. The van der Waals surface area contributed by atoms with Crippen molar-refractivity contribution in [1.82, 2.24) is 4.98 Å². The first-order chi connectivity index (χ1) is 17.1. The van der Waals surface area contributed by atoms with Gasteiger partial charge in [-0.05, 0) is 35.2 Å². The summed E-state index contributed by atoms with van der Waals surface area (Å²) in [5, 5.41) is 3.25. The van der Waals surface area contributed by atoms with E-state index < -0.39 is 7.60 Å². The third kappa shape index (κ3) is 5.65. The second-order valence-electron chi connectivity index (χ2n) is 7.85. The van der Waals surface area contributed by atoms with Crippen LogP contribution in [-0.4, -0.2) is 32.9 Å². The van der Waals surface area contributed by atoms with E-state index in [1.54, 1.807) is 7.11 Å². The standard InChI is InChI=1S/C27H29N2O5P/c1-31-23-16-14-20(15-17-23)18-19-28-26-27(35(30,32-2)33-3)29-25(34-26)24(21-10-6-4-7-11-21)22-12-8-5-9-13-22/h4-17,24,28H,18-19H2,1-3H3. The number of anilines is 1. The van der Waals surface area contributed by atoms with Crippen LogP contribution in [0.25, 0.3) is 0 Å². The zero-order chi connectivity index (χ0) is 24.7. The SMILES string of the molecule is COc1ccc(CCNc2oc(C(c3ccccc3)c3ccccc3)nc2P(=O)(OC)OC)cc1. The average Bonchev–Trinajstić information content (AvgIpc) is 3.34. The molecule has 1 heterocycles. The first kappa shape index (κ1) is 24.7. The van der Waals surface area contributed by atoms with Gasteiger partial charge in [-0.2, -0.15) is 0 Å². The van der Waals surface area contributed by atoms with Crippen LogP contribution in [0.1, 0.15) is 28.5 Å². The number of methoxy groups -OCH3 is 1. The first-order valence-corrected chi connectivity index (χ1v) is 12.8. The lowest BCUT2D eigenvalue weighted by molar-refractivity contribution is 0.286. The van der Waals surface area contributed by atoms with Gasteiger partial charge < -0.3 is 23.5 Å². The lowest BCUT2D eigenvalue weighted by Crippen LogP contribution is -2.16. The molecule has 0 saturated heterocycles. The zero-order valence-electron chi connectivity index (χ0n) is 20.0. The summed E-state index contributed by atoms with van der Waals surface area (Å²) < 4.78 is 35.4. The van der Waals surface area contributed by atoms with Gasteiger partial charge in [-0.15, -0.1) is 0 Å². The zero-order valence-corrected chi connectivity index (χ0v) is 20.9. The summed E-state index contributed by atoms with van der Waals surface area (Å²) in [7, 11) is 0.639. The molecule has 8 heteroatoms. The van der Waals surface area contributed by atoms with E-state index in [0.717, 1.165) is 22.4 Å². The summed E-state index contributed by atoms with van der Waals surface area (Å²) in [5.74, 6) is 1.18. The predicted octanol–water partition coefficient (Wildman–Crippen LogP) is 5.63. The maximum atomic E-state index is 13.4. The maximum Gasteiger partial charge on any atom is 0.384 e.